The third-order valence-corrected chi connectivity index (χ3v) is 2.61. The molecule has 4 heteroatoms. The van der Waals surface area contributed by atoms with Gasteiger partial charge in [-0.25, -0.2) is 0 Å². The molecule has 2 aromatic carbocycles. The molecule has 19 heavy (non-hydrogen) atoms. The lowest BCUT2D eigenvalue weighted by Gasteiger charge is -2.04. The number of carbonyl (C=O) groups is 2. The Kier molecular flexibility index (Phi) is 4.05. The van der Waals surface area contributed by atoms with Gasteiger partial charge in [-0.1, -0.05) is 30.3 Å². The van der Waals surface area contributed by atoms with Crippen LogP contribution in [0.15, 0.2) is 54.6 Å². The summed E-state index contributed by atoms with van der Waals surface area (Å²) in [4.78, 5) is 24.0. The third kappa shape index (κ3) is 3.05. The van der Waals surface area contributed by atoms with E-state index in [-0.39, 0.29) is 6.73 Å². The van der Waals surface area contributed by atoms with Gasteiger partial charge in [-0.3, -0.25) is 15.3 Å². The van der Waals surface area contributed by atoms with E-state index in [1.54, 1.807) is 54.6 Å². The van der Waals surface area contributed by atoms with Crippen molar-refractivity contribution in [3.05, 3.63) is 65.7 Å². The highest BCUT2D eigenvalue weighted by Gasteiger charge is 2.17. The van der Waals surface area contributed by atoms with Gasteiger partial charge in [0.15, 0.2) is 0 Å². The van der Waals surface area contributed by atoms with Gasteiger partial charge >= 0.3 is 0 Å². The van der Waals surface area contributed by atoms with Crippen molar-refractivity contribution in [2.24, 2.45) is 5.73 Å². The number of benzene rings is 2. The molecule has 0 bridgehead atoms. The predicted molar refractivity (Wildman–Crippen MR) is 71.2 cm³/mol. The highest BCUT2D eigenvalue weighted by molar-refractivity contribution is 6.49. The number of hydrogen-bond acceptors (Lipinski definition) is 4. The van der Waals surface area contributed by atoms with E-state index in [9.17, 15) is 9.59 Å². The molecule has 0 radical (unpaired) electrons. The quantitative estimate of drug-likeness (QED) is 0.504. The van der Waals surface area contributed by atoms with E-state index in [1.165, 1.54) is 0 Å². The molecular weight excluding hydrogens is 242 g/mol. The highest BCUT2D eigenvalue weighted by atomic mass is 16.5. The van der Waals surface area contributed by atoms with Crippen LogP contribution in [0.5, 0.6) is 5.75 Å². The summed E-state index contributed by atoms with van der Waals surface area (Å²) in [6.45, 7) is 0.0657. The van der Waals surface area contributed by atoms with Gasteiger partial charge in [0, 0.05) is 11.1 Å². The zero-order chi connectivity index (χ0) is 13.7. The number of nitrogens with two attached hydrogens (primary N) is 1. The summed E-state index contributed by atoms with van der Waals surface area (Å²) < 4.78 is 5.07. The largest absolute Gasteiger partial charge is 0.479 e. The molecule has 0 saturated heterocycles. The smallest absolute Gasteiger partial charge is 0.233 e. The summed E-state index contributed by atoms with van der Waals surface area (Å²) in [6.07, 6.45) is 0. The molecule has 0 aliphatic heterocycles. The van der Waals surface area contributed by atoms with Crippen molar-refractivity contribution in [3.8, 4) is 5.75 Å². The average molecular weight is 255 g/mol. The van der Waals surface area contributed by atoms with Crippen LogP contribution in [0.2, 0.25) is 0 Å². The van der Waals surface area contributed by atoms with Gasteiger partial charge in [-0.05, 0) is 24.3 Å². The molecule has 0 amide bonds. The lowest BCUT2D eigenvalue weighted by Crippen LogP contribution is -2.14. The molecule has 0 aliphatic rings. The van der Waals surface area contributed by atoms with Crippen LogP contribution in [0.1, 0.15) is 20.7 Å². The molecule has 0 aliphatic carbocycles. The highest BCUT2D eigenvalue weighted by Crippen LogP contribution is 2.14. The zero-order valence-electron chi connectivity index (χ0n) is 10.2. The number of hydrogen-bond donors (Lipinski definition) is 1. The topological polar surface area (TPSA) is 69.4 Å². The van der Waals surface area contributed by atoms with E-state index in [0.29, 0.717) is 16.9 Å². The van der Waals surface area contributed by atoms with Crippen molar-refractivity contribution in [2.75, 3.05) is 6.73 Å². The van der Waals surface area contributed by atoms with Gasteiger partial charge in [0.2, 0.25) is 11.6 Å². The Morgan fingerprint density at radius 2 is 1.37 bits per heavy atom. The predicted octanol–water partition coefficient (Wildman–Crippen LogP) is 2.05. The summed E-state index contributed by atoms with van der Waals surface area (Å²) in [5.74, 6) is -0.496. The van der Waals surface area contributed by atoms with Gasteiger partial charge in [0.1, 0.15) is 12.5 Å². The average Bonchev–Trinajstić information content (AvgIpc) is 2.48. The number of ketones is 2. The van der Waals surface area contributed by atoms with E-state index >= 15 is 0 Å². The second-order valence-electron chi connectivity index (χ2n) is 3.86. The van der Waals surface area contributed by atoms with Crippen LogP contribution >= 0.6 is 0 Å². The molecule has 96 valence electrons. The van der Waals surface area contributed by atoms with Crippen LogP contribution in [-0.4, -0.2) is 18.3 Å². The van der Waals surface area contributed by atoms with E-state index in [1.807, 2.05) is 0 Å². The van der Waals surface area contributed by atoms with Crippen LogP contribution in [-0.2, 0) is 0 Å². The lowest BCUT2D eigenvalue weighted by molar-refractivity contribution is 0.0817. The third-order valence-electron chi connectivity index (χ3n) is 2.61. The van der Waals surface area contributed by atoms with Crippen LogP contribution in [0, 0.1) is 0 Å². The lowest BCUT2D eigenvalue weighted by atomic mass is 10.0. The molecule has 0 atom stereocenters. The Balaban J connectivity index is 2.18. The second-order valence-corrected chi connectivity index (χ2v) is 3.86. The first-order chi connectivity index (χ1) is 9.22. The Morgan fingerprint density at radius 1 is 0.842 bits per heavy atom. The Hall–Kier alpha value is -2.46. The molecule has 2 rings (SSSR count). The minimum absolute atomic E-state index is 0.0657. The maximum absolute atomic E-state index is 12.0. The summed E-state index contributed by atoms with van der Waals surface area (Å²) in [5, 5.41) is 0. The number of rotatable bonds is 5. The first-order valence-corrected chi connectivity index (χ1v) is 5.79. The minimum atomic E-state index is -0.537. The molecule has 4 nitrogen and oxygen atoms in total. The number of Topliss-reactive ketones (excluding diaryl/α,β-unsaturated/α-hetero) is 2. The molecule has 0 spiro atoms. The van der Waals surface area contributed by atoms with Crippen LogP contribution in [0.25, 0.3) is 0 Å². The summed E-state index contributed by atoms with van der Waals surface area (Å²) >= 11 is 0. The van der Waals surface area contributed by atoms with Gasteiger partial charge in [0.05, 0.1) is 0 Å². The Morgan fingerprint density at radius 3 is 1.89 bits per heavy atom. The number of ether oxygens (including phenoxy) is 1. The number of carbonyl (C=O) groups excluding carboxylic acids is 2. The van der Waals surface area contributed by atoms with E-state index in [4.69, 9.17) is 10.5 Å². The van der Waals surface area contributed by atoms with Crippen LogP contribution in [0.4, 0.5) is 0 Å². The van der Waals surface area contributed by atoms with Crippen molar-refractivity contribution < 1.29 is 14.3 Å². The van der Waals surface area contributed by atoms with Crippen LogP contribution in [0.3, 0.4) is 0 Å². The van der Waals surface area contributed by atoms with Crippen LogP contribution < -0.4 is 10.5 Å². The second kappa shape index (κ2) is 5.93. The van der Waals surface area contributed by atoms with Crippen molar-refractivity contribution in [3.63, 3.8) is 0 Å². The maximum atomic E-state index is 12.0. The van der Waals surface area contributed by atoms with Crippen molar-refractivity contribution in [2.45, 2.75) is 0 Å². The normalized spacial score (nSPS) is 9.95. The van der Waals surface area contributed by atoms with Gasteiger partial charge in [-0.2, -0.15) is 0 Å². The molecule has 0 saturated carbocycles. The molecule has 2 aromatic rings. The van der Waals surface area contributed by atoms with Crippen molar-refractivity contribution >= 4 is 11.6 Å². The van der Waals surface area contributed by atoms with Crippen molar-refractivity contribution in [1.29, 1.82) is 0 Å². The minimum Gasteiger partial charge on any atom is -0.479 e. The SMILES string of the molecule is NCOc1ccc(C(=O)C(=O)c2ccccc2)cc1. The molecule has 0 aromatic heterocycles. The fourth-order valence-corrected chi connectivity index (χ4v) is 1.65. The molecule has 2 N–H and O–H groups in total. The summed E-state index contributed by atoms with van der Waals surface area (Å²) in [7, 11) is 0. The van der Waals surface area contributed by atoms with Gasteiger partial charge in [-0.15, -0.1) is 0 Å². The summed E-state index contributed by atoms with van der Waals surface area (Å²) in [6, 6.07) is 14.8. The monoisotopic (exact) mass is 255 g/mol. The van der Waals surface area contributed by atoms with E-state index in [2.05, 4.69) is 0 Å². The Labute approximate surface area is 110 Å². The van der Waals surface area contributed by atoms with Gasteiger partial charge in [0.25, 0.3) is 0 Å². The molecular formula is C15H13NO3. The fraction of sp³-hybridized carbons (Fsp3) is 0.0667. The van der Waals surface area contributed by atoms with E-state index < -0.39 is 11.6 Å². The summed E-state index contributed by atoms with van der Waals surface area (Å²) in [5.41, 5.74) is 5.96. The maximum Gasteiger partial charge on any atom is 0.233 e. The first kappa shape index (κ1) is 13.0. The van der Waals surface area contributed by atoms with Crippen molar-refractivity contribution in [1.82, 2.24) is 0 Å². The molecule has 0 fully saturated rings. The fourth-order valence-electron chi connectivity index (χ4n) is 1.65. The molecule has 0 heterocycles. The van der Waals surface area contributed by atoms with E-state index in [0.717, 1.165) is 0 Å². The standard InChI is InChI=1S/C15H13NO3/c16-10-19-13-8-6-12(7-9-13)15(18)14(17)11-4-2-1-3-5-11/h1-9H,10,16H2. The van der Waals surface area contributed by atoms with Gasteiger partial charge < -0.3 is 4.74 Å². The zero-order valence-corrected chi connectivity index (χ0v) is 10.2. The molecule has 0 unspecified atom stereocenters. The first-order valence-electron chi connectivity index (χ1n) is 5.79. The Bertz CT molecular complexity index is 576.